The fourth-order valence-corrected chi connectivity index (χ4v) is 7.40. The molecule has 3 rings (SSSR count). The summed E-state index contributed by atoms with van der Waals surface area (Å²) >= 11 is 0. The number of nitro benzene ring substituents is 1. The predicted molar refractivity (Wildman–Crippen MR) is 214 cm³/mol. The Hall–Kier alpha value is -4.10. The number of alkyl halides is 3. The SMILES string of the molecule is CC(C)(C)OC(=O)N(Cc1ccc(C#CCNC(=O)C(F)(F)F)cc1[N+](=O)[O-])c1ccn([C@H]2CC(O[Si](C)(C)C(C)(C)C)[C@@H](CO[Si](C)(C)C(C)(C)C)O2)c(=O)n1. The number of anilines is 1. The van der Waals surface area contributed by atoms with Gasteiger partial charge in [0.1, 0.15) is 23.8 Å². The van der Waals surface area contributed by atoms with Crippen LogP contribution in [0.1, 0.15) is 86.1 Å². The van der Waals surface area contributed by atoms with E-state index in [9.17, 15) is 37.7 Å². The molecule has 2 amide bonds. The molecular weight excluding hydrogens is 784 g/mol. The van der Waals surface area contributed by atoms with Gasteiger partial charge in [-0.1, -0.05) is 53.4 Å². The Labute approximate surface area is 334 Å². The highest BCUT2D eigenvalue weighted by molar-refractivity contribution is 6.74. The van der Waals surface area contributed by atoms with Gasteiger partial charge in [0.25, 0.3) is 5.69 Å². The van der Waals surface area contributed by atoms with Crippen molar-refractivity contribution in [2.24, 2.45) is 0 Å². The minimum absolute atomic E-state index is 0.0158. The van der Waals surface area contributed by atoms with Crippen molar-refractivity contribution in [1.82, 2.24) is 14.9 Å². The molecule has 1 fully saturated rings. The molecule has 0 radical (unpaired) electrons. The van der Waals surface area contributed by atoms with Crippen molar-refractivity contribution in [3.63, 3.8) is 0 Å². The molecule has 1 aromatic heterocycles. The molecule has 14 nitrogen and oxygen atoms in total. The van der Waals surface area contributed by atoms with E-state index in [4.69, 9.17) is 18.3 Å². The van der Waals surface area contributed by atoms with Gasteiger partial charge in [-0.3, -0.25) is 24.4 Å². The number of benzene rings is 1. The van der Waals surface area contributed by atoms with E-state index in [1.165, 1.54) is 29.0 Å². The lowest BCUT2D eigenvalue weighted by Crippen LogP contribution is -2.48. The fourth-order valence-electron chi connectivity index (χ4n) is 5.02. The van der Waals surface area contributed by atoms with Gasteiger partial charge in [-0.05, 0) is 75.2 Å². The van der Waals surface area contributed by atoms with Crippen LogP contribution < -0.4 is 15.9 Å². The Morgan fingerprint density at radius 2 is 1.65 bits per heavy atom. The summed E-state index contributed by atoms with van der Waals surface area (Å²) < 4.78 is 64.2. The first-order valence-electron chi connectivity index (χ1n) is 18.5. The highest BCUT2D eigenvalue weighted by atomic mass is 28.4. The van der Waals surface area contributed by atoms with Crippen LogP contribution in [0.15, 0.2) is 35.3 Å². The Kier molecular flexibility index (Phi) is 14.4. The summed E-state index contributed by atoms with van der Waals surface area (Å²) in [4.78, 5) is 55.0. The van der Waals surface area contributed by atoms with Crippen LogP contribution in [0.25, 0.3) is 0 Å². The molecule has 2 aromatic rings. The van der Waals surface area contributed by atoms with E-state index >= 15 is 0 Å². The van der Waals surface area contributed by atoms with Crippen molar-refractivity contribution in [1.29, 1.82) is 0 Å². The number of aromatic nitrogens is 2. The molecule has 316 valence electrons. The lowest BCUT2D eigenvalue weighted by Gasteiger charge is -2.40. The molecule has 57 heavy (non-hydrogen) atoms. The molecule has 2 heterocycles. The maximum absolute atomic E-state index is 13.8. The summed E-state index contributed by atoms with van der Waals surface area (Å²) in [5.41, 5.74) is -2.13. The molecule has 0 bridgehead atoms. The smallest absolute Gasteiger partial charge is 0.443 e. The van der Waals surface area contributed by atoms with Gasteiger partial charge in [0, 0.05) is 29.8 Å². The molecule has 1 aliphatic rings. The van der Waals surface area contributed by atoms with E-state index < -0.39 is 82.1 Å². The van der Waals surface area contributed by atoms with Gasteiger partial charge in [-0.25, -0.2) is 9.59 Å². The predicted octanol–water partition coefficient (Wildman–Crippen LogP) is 7.82. The summed E-state index contributed by atoms with van der Waals surface area (Å²) in [7, 11) is -4.46. The summed E-state index contributed by atoms with van der Waals surface area (Å²) in [5.74, 6) is 2.48. The zero-order chi connectivity index (χ0) is 43.5. The van der Waals surface area contributed by atoms with Gasteiger partial charge in [-0.2, -0.15) is 18.2 Å². The number of hydrogen-bond donors (Lipinski definition) is 1. The molecule has 1 aromatic carbocycles. The Bertz CT molecular complexity index is 1920. The number of ether oxygens (including phenoxy) is 2. The van der Waals surface area contributed by atoms with Crippen molar-refractivity contribution < 1.29 is 46.0 Å². The number of amides is 2. The van der Waals surface area contributed by atoms with E-state index in [1.807, 2.05) is 0 Å². The molecule has 19 heteroatoms. The molecule has 1 aliphatic heterocycles. The molecule has 1 saturated heterocycles. The second-order valence-corrected chi connectivity index (χ2v) is 27.5. The lowest BCUT2D eigenvalue weighted by molar-refractivity contribution is -0.385. The second kappa shape index (κ2) is 17.4. The first kappa shape index (κ1) is 47.3. The van der Waals surface area contributed by atoms with Gasteiger partial charge < -0.3 is 23.6 Å². The molecule has 0 saturated carbocycles. The average Bonchev–Trinajstić information content (AvgIpc) is 3.43. The molecule has 1 N–H and O–H groups in total. The summed E-state index contributed by atoms with van der Waals surface area (Å²) in [6.45, 7) is 25.5. The van der Waals surface area contributed by atoms with Crippen LogP contribution in [0.5, 0.6) is 0 Å². The van der Waals surface area contributed by atoms with Gasteiger partial charge >= 0.3 is 23.9 Å². The number of nitrogens with zero attached hydrogens (tertiary/aromatic N) is 4. The number of nitrogens with one attached hydrogen (secondary N) is 1. The van der Waals surface area contributed by atoms with Crippen molar-refractivity contribution in [2.75, 3.05) is 18.1 Å². The third-order valence-electron chi connectivity index (χ3n) is 10.3. The maximum atomic E-state index is 13.8. The zero-order valence-electron chi connectivity index (χ0n) is 35.0. The number of halogens is 3. The van der Waals surface area contributed by atoms with Crippen LogP contribution in [-0.4, -0.2) is 80.2 Å². The van der Waals surface area contributed by atoms with E-state index in [0.29, 0.717) is 6.42 Å². The van der Waals surface area contributed by atoms with Crippen LogP contribution in [0, 0.1) is 22.0 Å². The van der Waals surface area contributed by atoms with E-state index in [0.717, 1.165) is 11.0 Å². The average molecular weight is 840 g/mol. The van der Waals surface area contributed by atoms with Crippen molar-refractivity contribution >= 4 is 40.1 Å². The van der Waals surface area contributed by atoms with Gasteiger partial charge in [-0.15, -0.1) is 0 Å². The normalized spacial score (nSPS) is 18.1. The molecule has 1 unspecified atom stereocenters. The number of carbonyl (C=O) groups is 2. The summed E-state index contributed by atoms with van der Waals surface area (Å²) in [6, 6.07) is 5.18. The van der Waals surface area contributed by atoms with Crippen molar-refractivity contribution in [2.45, 2.75) is 142 Å². The number of rotatable bonds is 11. The van der Waals surface area contributed by atoms with Crippen LogP contribution in [0.4, 0.5) is 29.5 Å². The number of nitro groups is 1. The summed E-state index contributed by atoms with van der Waals surface area (Å²) in [6.07, 6.45) is -5.86. The third-order valence-corrected chi connectivity index (χ3v) is 19.3. The van der Waals surface area contributed by atoms with Crippen LogP contribution in [-0.2, 0) is 29.7 Å². The quantitative estimate of drug-likeness (QED) is 0.102. The van der Waals surface area contributed by atoms with Crippen molar-refractivity contribution in [3.05, 3.63) is 62.2 Å². The maximum Gasteiger partial charge on any atom is 0.471 e. The highest BCUT2D eigenvalue weighted by Crippen LogP contribution is 2.42. The third kappa shape index (κ3) is 12.7. The minimum Gasteiger partial charge on any atom is -0.443 e. The topological polar surface area (TPSA) is 164 Å². The van der Waals surface area contributed by atoms with Gasteiger partial charge in [0.2, 0.25) is 0 Å². The molecule has 3 atom stereocenters. The van der Waals surface area contributed by atoms with Crippen molar-refractivity contribution in [3.8, 4) is 11.8 Å². The van der Waals surface area contributed by atoms with Gasteiger partial charge in [0.15, 0.2) is 16.6 Å². The standard InChI is InChI=1S/C38H56F3N5O9Si2/c1-35(2,3)54-34(49)45(23-26-17-16-25(21-27(26)46(50)51)15-14-19-42-32(47)38(39,40)41)30-18-20-44(33(48)43-30)31-22-28(55-57(12,13)37(7,8)9)29(53-31)24-52-56(10,11)36(4,5)6/h16-18,20-21,28-29,31H,19,22-24H2,1-13H3,(H,42,47)/t28?,29-,31-/m1/s1. The monoisotopic (exact) mass is 839 g/mol. The Morgan fingerprint density at radius 3 is 2.18 bits per heavy atom. The van der Waals surface area contributed by atoms with Crippen LogP contribution in [0.2, 0.25) is 36.3 Å². The van der Waals surface area contributed by atoms with Crippen LogP contribution in [0.3, 0.4) is 0 Å². The highest BCUT2D eigenvalue weighted by Gasteiger charge is 2.47. The summed E-state index contributed by atoms with van der Waals surface area (Å²) in [5, 5.41) is 13.6. The molecular formula is C38H56F3N5O9Si2. The zero-order valence-corrected chi connectivity index (χ0v) is 37.0. The first-order valence-corrected chi connectivity index (χ1v) is 24.3. The van der Waals surface area contributed by atoms with E-state index in [1.54, 1.807) is 26.1 Å². The number of carbonyl (C=O) groups excluding carboxylic acids is 2. The van der Waals surface area contributed by atoms with Gasteiger partial charge in [0.05, 0.1) is 30.7 Å². The molecule has 0 spiro atoms. The Morgan fingerprint density at radius 1 is 1.04 bits per heavy atom. The minimum atomic E-state index is -5.08. The molecule has 0 aliphatic carbocycles. The first-order chi connectivity index (χ1) is 25.8. The largest absolute Gasteiger partial charge is 0.471 e. The van der Waals surface area contributed by atoms with E-state index in [-0.39, 0.29) is 39.7 Å². The fraction of sp³-hybridized carbons (Fsp3) is 0.632. The Balaban J connectivity index is 1.97. The lowest BCUT2D eigenvalue weighted by atomic mass is 10.1. The second-order valence-electron chi connectivity index (χ2n) is 18.0. The van der Waals surface area contributed by atoms with Crippen LogP contribution >= 0.6 is 0 Å². The van der Waals surface area contributed by atoms with E-state index in [2.05, 4.69) is 84.6 Å². The number of hydrogen-bond acceptors (Lipinski definition) is 10.